The Kier molecular flexibility index (Phi) is 35.9. The van der Waals surface area contributed by atoms with Crippen molar-refractivity contribution in [1.29, 1.82) is 0 Å². The minimum atomic E-state index is -1.78. The molecule has 12 unspecified atom stereocenters. The normalized spacial score (nSPS) is 26.9. The molecule has 65 heavy (non-hydrogen) atoms. The van der Waals surface area contributed by atoms with E-state index < -0.39 is 86.8 Å². The van der Waals surface area contributed by atoms with E-state index in [2.05, 4.69) is 19.2 Å². The van der Waals surface area contributed by atoms with Gasteiger partial charge in [-0.1, -0.05) is 206 Å². The zero-order chi connectivity index (χ0) is 47.5. The van der Waals surface area contributed by atoms with Gasteiger partial charge in [0.05, 0.1) is 32.0 Å². The highest BCUT2D eigenvalue weighted by atomic mass is 16.7. The molecule has 0 radical (unpaired) electrons. The third-order valence-corrected chi connectivity index (χ3v) is 13.6. The van der Waals surface area contributed by atoms with Crippen LogP contribution in [0.1, 0.15) is 226 Å². The van der Waals surface area contributed by atoms with Gasteiger partial charge in [-0.05, 0) is 12.8 Å². The molecule has 0 aromatic carbocycles. The summed E-state index contributed by atoms with van der Waals surface area (Å²) in [5.74, 6) is -0.203. The average Bonchev–Trinajstić information content (AvgIpc) is 3.30. The largest absolute Gasteiger partial charge is 0.394 e. The maximum Gasteiger partial charge on any atom is 0.220 e. The SMILES string of the molecule is CCCCCCCCCCCCCCCCCCCC(=O)NC(COC1OC(CO)C(OC2OC(CO)C(O)C(O)C2O)C(O)C1O)C(O)CCCCCCCCCCCCCCCC. The van der Waals surface area contributed by atoms with Crippen LogP contribution in [0.2, 0.25) is 0 Å². The Hall–Kier alpha value is -1.01. The van der Waals surface area contributed by atoms with Crippen LogP contribution in [0.3, 0.4) is 0 Å². The summed E-state index contributed by atoms with van der Waals surface area (Å²) in [6, 6.07) is -0.820. The monoisotopic (exact) mass is 934 g/mol. The van der Waals surface area contributed by atoms with Crippen LogP contribution < -0.4 is 5.32 Å². The Balaban J connectivity index is 1.80. The Labute approximate surface area is 393 Å². The molecule has 0 bridgehead atoms. The summed E-state index contributed by atoms with van der Waals surface area (Å²) in [6.07, 6.45) is 22.4. The lowest BCUT2D eigenvalue weighted by Crippen LogP contribution is -2.65. The quantitative estimate of drug-likeness (QED) is 0.0273. The third-order valence-electron chi connectivity index (χ3n) is 13.6. The van der Waals surface area contributed by atoms with Crippen LogP contribution in [0.15, 0.2) is 0 Å². The van der Waals surface area contributed by atoms with Crippen LogP contribution in [0.25, 0.3) is 0 Å². The molecule has 386 valence electrons. The predicted molar refractivity (Wildman–Crippen MR) is 254 cm³/mol. The second-order valence-electron chi connectivity index (χ2n) is 19.4. The number of carbonyl (C=O) groups excluding carboxylic acids is 1. The van der Waals surface area contributed by atoms with Crippen molar-refractivity contribution in [3.05, 3.63) is 0 Å². The first-order valence-electron chi connectivity index (χ1n) is 26.8. The van der Waals surface area contributed by atoms with Crippen molar-refractivity contribution in [2.24, 2.45) is 0 Å². The van der Waals surface area contributed by atoms with Crippen molar-refractivity contribution in [3.8, 4) is 0 Å². The van der Waals surface area contributed by atoms with Crippen LogP contribution in [0, 0.1) is 0 Å². The van der Waals surface area contributed by atoms with Gasteiger partial charge in [-0.2, -0.15) is 0 Å². The van der Waals surface area contributed by atoms with E-state index in [1.807, 2.05) is 0 Å². The number of hydrogen-bond donors (Lipinski definition) is 9. The third kappa shape index (κ3) is 26.0. The number of carbonyl (C=O) groups is 1. The summed E-state index contributed by atoms with van der Waals surface area (Å²) in [4.78, 5) is 13.2. The number of ether oxygens (including phenoxy) is 4. The van der Waals surface area contributed by atoms with Crippen LogP contribution in [0.4, 0.5) is 0 Å². The summed E-state index contributed by atoms with van der Waals surface area (Å²) in [7, 11) is 0. The van der Waals surface area contributed by atoms with Gasteiger partial charge in [0, 0.05) is 6.42 Å². The van der Waals surface area contributed by atoms with Crippen molar-refractivity contribution in [1.82, 2.24) is 5.32 Å². The molecule has 0 aromatic rings. The fourth-order valence-electron chi connectivity index (χ4n) is 9.18. The molecule has 9 N–H and O–H groups in total. The zero-order valence-corrected chi connectivity index (χ0v) is 41.0. The van der Waals surface area contributed by atoms with Gasteiger partial charge in [-0.3, -0.25) is 4.79 Å². The highest BCUT2D eigenvalue weighted by Crippen LogP contribution is 2.30. The maximum atomic E-state index is 13.2. The maximum absolute atomic E-state index is 13.2. The molecule has 2 aliphatic heterocycles. The second kappa shape index (κ2) is 38.8. The summed E-state index contributed by atoms with van der Waals surface area (Å²) >= 11 is 0. The first kappa shape index (κ1) is 60.1. The molecule has 2 aliphatic rings. The topological polar surface area (TPSA) is 228 Å². The second-order valence-corrected chi connectivity index (χ2v) is 19.4. The lowest BCUT2D eigenvalue weighted by Gasteiger charge is -2.46. The van der Waals surface area contributed by atoms with Crippen molar-refractivity contribution in [2.75, 3.05) is 19.8 Å². The van der Waals surface area contributed by atoms with E-state index in [0.717, 1.165) is 51.4 Å². The predicted octanol–water partition coefficient (Wildman–Crippen LogP) is 7.39. The first-order chi connectivity index (χ1) is 31.6. The minimum Gasteiger partial charge on any atom is -0.394 e. The van der Waals surface area contributed by atoms with E-state index in [-0.39, 0.29) is 12.5 Å². The molecule has 2 rings (SSSR count). The number of hydrogen-bond acceptors (Lipinski definition) is 13. The molecule has 0 saturated carbocycles. The minimum absolute atomic E-state index is 0.203. The van der Waals surface area contributed by atoms with Crippen LogP contribution >= 0.6 is 0 Å². The van der Waals surface area contributed by atoms with Crippen molar-refractivity contribution < 1.29 is 64.6 Å². The number of aliphatic hydroxyl groups excluding tert-OH is 8. The molecule has 2 heterocycles. The summed E-state index contributed by atoms with van der Waals surface area (Å²) in [5.41, 5.74) is 0. The van der Waals surface area contributed by atoms with Gasteiger partial charge in [0.1, 0.15) is 48.8 Å². The van der Waals surface area contributed by atoms with E-state index in [0.29, 0.717) is 12.8 Å². The van der Waals surface area contributed by atoms with Gasteiger partial charge in [-0.15, -0.1) is 0 Å². The summed E-state index contributed by atoms with van der Waals surface area (Å²) < 4.78 is 22.8. The number of aliphatic hydroxyl groups is 8. The van der Waals surface area contributed by atoms with Gasteiger partial charge in [0.15, 0.2) is 12.6 Å². The van der Waals surface area contributed by atoms with Crippen LogP contribution in [0.5, 0.6) is 0 Å². The molecule has 0 aliphatic carbocycles. The van der Waals surface area contributed by atoms with Gasteiger partial charge in [-0.25, -0.2) is 0 Å². The highest BCUT2D eigenvalue weighted by Gasteiger charge is 2.51. The molecule has 2 fully saturated rings. The molecular weight excluding hydrogens is 835 g/mol. The molecule has 14 nitrogen and oxygen atoms in total. The van der Waals surface area contributed by atoms with Crippen molar-refractivity contribution >= 4 is 5.91 Å². The summed E-state index contributed by atoms with van der Waals surface area (Å²) in [6.45, 7) is 2.87. The molecule has 14 heteroatoms. The first-order valence-corrected chi connectivity index (χ1v) is 26.8. The number of nitrogens with one attached hydrogen (secondary N) is 1. The fourth-order valence-corrected chi connectivity index (χ4v) is 9.18. The number of amides is 1. The lowest BCUT2D eigenvalue weighted by molar-refractivity contribution is -0.359. The Morgan fingerprint density at radius 3 is 1.31 bits per heavy atom. The molecule has 0 aromatic heterocycles. The van der Waals surface area contributed by atoms with Gasteiger partial charge < -0.3 is 65.1 Å². The van der Waals surface area contributed by atoms with Crippen molar-refractivity contribution in [2.45, 2.75) is 299 Å². The van der Waals surface area contributed by atoms with Gasteiger partial charge >= 0.3 is 0 Å². The van der Waals surface area contributed by atoms with Crippen LogP contribution in [-0.4, -0.2) is 140 Å². The van der Waals surface area contributed by atoms with Gasteiger partial charge in [0.25, 0.3) is 0 Å². The molecular formula is C51H99NO13. The molecule has 2 saturated heterocycles. The molecule has 12 atom stereocenters. The van der Waals surface area contributed by atoms with Gasteiger partial charge in [0.2, 0.25) is 5.91 Å². The van der Waals surface area contributed by atoms with E-state index in [9.17, 15) is 45.6 Å². The Bertz CT molecular complexity index is 1100. The van der Waals surface area contributed by atoms with E-state index in [1.54, 1.807) is 0 Å². The van der Waals surface area contributed by atoms with E-state index in [4.69, 9.17) is 18.9 Å². The fraction of sp³-hybridized carbons (Fsp3) is 0.980. The smallest absolute Gasteiger partial charge is 0.220 e. The zero-order valence-electron chi connectivity index (χ0n) is 41.0. The molecule has 0 spiro atoms. The van der Waals surface area contributed by atoms with E-state index >= 15 is 0 Å². The van der Waals surface area contributed by atoms with Crippen molar-refractivity contribution in [3.63, 3.8) is 0 Å². The number of unbranched alkanes of at least 4 members (excludes halogenated alkanes) is 29. The highest BCUT2D eigenvalue weighted by molar-refractivity contribution is 5.76. The average molecular weight is 934 g/mol. The van der Waals surface area contributed by atoms with Crippen LogP contribution in [-0.2, 0) is 23.7 Å². The molecule has 1 amide bonds. The Morgan fingerprint density at radius 2 is 0.877 bits per heavy atom. The number of rotatable bonds is 42. The summed E-state index contributed by atoms with van der Waals surface area (Å²) in [5, 5.41) is 87.0. The standard InChI is InChI=1S/C51H99NO13/c1-3-5-7-9-11-13-15-17-19-20-21-23-25-27-29-31-33-35-43(56)52-39(40(55)34-32-30-28-26-24-22-18-16-14-12-10-8-6-4-2)38-62-50-48(61)46(59)49(42(37-54)64-50)65-51-47(60)45(58)44(57)41(36-53)63-51/h39-42,44-51,53-55,57-61H,3-38H2,1-2H3,(H,52,56). The van der Waals surface area contributed by atoms with E-state index in [1.165, 1.54) is 148 Å². The Morgan fingerprint density at radius 1 is 0.492 bits per heavy atom. The lowest BCUT2D eigenvalue weighted by atomic mass is 9.97.